The lowest BCUT2D eigenvalue weighted by molar-refractivity contribution is -0.143. The highest BCUT2D eigenvalue weighted by atomic mass is 19.4. The summed E-state index contributed by atoms with van der Waals surface area (Å²) in [6.07, 6.45) is -4.94. The number of rotatable bonds is 3. The minimum Gasteiger partial charge on any atom is -0.449 e. The van der Waals surface area contributed by atoms with Crippen molar-refractivity contribution in [3.8, 4) is 17.2 Å². The lowest BCUT2D eigenvalue weighted by Crippen LogP contribution is -2.29. The number of carbonyl (C=O) groups excluding carboxylic acids is 1. The number of halogens is 4. The van der Waals surface area contributed by atoms with Crippen LogP contribution >= 0.6 is 0 Å². The molecule has 1 aliphatic heterocycles. The van der Waals surface area contributed by atoms with E-state index in [0.29, 0.717) is 16.2 Å². The molecule has 1 amide bonds. The predicted octanol–water partition coefficient (Wildman–Crippen LogP) is 4.18. The van der Waals surface area contributed by atoms with Gasteiger partial charge >= 0.3 is 6.18 Å². The quantitative estimate of drug-likeness (QED) is 0.641. The first-order valence-corrected chi connectivity index (χ1v) is 8.66. The summed E-state index contributed by atoms with van der Waals surface area (Å²) < 4.78 is 65.7. The molecule has 0 unspecified atom stereocenters. The molecule has 156 valence electrons. The maximum atomic E-state index is 13.7. The molecule has 0 saturated carbocycles. The summed E-state index contributed by atoms with van der Waals surface area (Å²) in [5.41, 5.74) is -2.22. The Morgan fingerprint density at radius 2 is 1.73 bits per heavy atom. The van der Waals surface area contributed by atoms with E-state index in [1.165, 1.54) is 18.2 Å². The van der Waals surface area contributed by atoms with E-state index in [4.69, 9.17) is 9.47 Å². The molecule has 2 heterocycles. The van der Waals surface area contributed by atoms with E-state index in [-0.39, 0.29) is 11.4 Å². The second-order valence-electron chi connectivity index (χ2n) is 6.89. The second kappa shape index (κ2) is 6.71. The number of carbonyl (C=O) groups is 1. The van der Waals surface area contributed by atoms with Gasteiger partial charge < -0.3 is 14.8 Å². The molecular weight excluding hydrogens is 408 g/mol. The molecule has 7 nitrogen and oxygen atoms in total. The van der Waals surface area contributed by atoms with Crippen LogP contribution in [0.1, 0.15) is 30.0 Å². The van der Waals surface area contributed by atoms with E-state index in [0.717, 1.165) is 24.3 Å². The van der Waals surface area contributed by atoms with Gasteiger partial charge in [-0.15, -0.1) is 5.10 Å². The van der Waals surface area contributed by atoms with E-state index in [9.17, 15) is 22.4 Å². The molecule has 11 heteroatoms. The minimum absolute atomic E-state index is 0.0967. The van der Waals surface area contributed by atoms with Gasteiger partial charge in [-0.25, -0.2) is 9.07 Å². The Bertz CT molecular complexity index is 1120. The van der Waals surface area contributed by atoms with Gasteiger partial charge in [0, 0.05) is 25.6 Å². The van der Waals surface area contributed by atoms with Crippen molar-refractivity contribution in [3.05, 3.63) is 59.7 Å². The number of ether oxygens (including phenoxy) is 2. The number of nitrogens with one attached hydrogen (secondary N) is 1. The summed E-state index contributed by atoms with van der Waals surface area (Å²) in [5, 5.41) is 9.20. The monoisotopic (exact) mass is 422 g/mol. The van der Waals surface area contributed by atoms with Crippen LogP contribution in [0.5, 0.6) is 11.5 Å². The Hall–Kier alpha value is -3.63. The fourth-order valence-electron chi connectivity index (χ4n) is 2.94. The largest absolute Gasteiger partial charge is 0.449 e. The summed E-state index contributed by atoms with van der Waals surface area (Å²) in [6.45, 7) is 3.38. The van der Waals surface area contributed by atoms with E-state index in [1.807, 2.05) is 0 Å². The highest BCUT2D eigenvalue weighted by Crippen LogP contribution is 2.41. The summed E-state index contributed by atoms with van der Waals surface area (Å²) in [6, 6.07) is 8.57. The number of alkyl halides is 3. The number of hydrogen-bond donors (Lipinski definition) is 1. The lowest BCUT2D eigenvalue weighted by Gasteiger charge is -2.16. The molecule has 2 aromatic carbocycles. The molecule has 1 N–H and O–H groups in total. The molecular formula is C19H14F4N4O3. The van der Waals surface area contributed by atoms with Crippen LogP contribution in [0.2, 0.25) is 0 Å². The molecule has 0 radical (unpaired) electrons. The number of hydrogen-bond acceptors (Lipinski definition) is 5. The zero-order valence-corrected chi connectivity index (χ0v) is 15.6. The highest BCUT2D eigenvalue weighted by Gasteiger charge is 2.42. The third-order valence-corrected chi connectivity index (χ3v) is 4.14. The average Bonchev–Trinajstić information content (AvgIpc) is 3.21. The maximum Gasteiger partial charge on any atom is 0.435 e. The van der Waals surface area contributed by atoms with Crippen LogP contribution in [0.15, 0.2) is 42.5 Å². The number of fused-ring (bicyclic) bond motifs is 1. The Kier molecular flexibility index (Phi) is 4.40. The van der Waals surface area contributed by atoms with Crippen molar-refractivity contribution in [1.29, 1.82) is 0 Å². The van der Waals surface area contributed by atoms with Crippen molar-refractivity contribution in [2.75, 3.05) is 5.32 Å². The molecule has 1 aliphatic rings. The van der Waals surface area contributed by atoms with Gasteiger partial charge in [0.25, 0.3) is 5.91 Å². The fraction of sp³-hybridized carbons (Fsp3) is 0.211. The standard InChI is InChI=1S/C19H14F4N4O3/c1-18(2)29-13-8-5-11(9-14(13)30-18)24-17(28)15-16(19(21,22)23)27(26-25-15)12-6-3-10(20)4-7-12/h3-9H,1-2H3,(H,24,28). The number of anilines is 1. The average molecular weight is 422 g/mol. The van der Waals surface area contributed by atoms with Gasteiger partial charge in [-0.2, -0.15) is 13.2 Å². The Balaban J connectivity index is 1.66. The summed E-state index contributed by atoms with van der Waals surface area (Å²) in [7, 11) is 0. The first-order chi connectivity index (χ1) is 14.0. The second-order valence-corrected chi connectivity index (χ2v) is 6.89. The van der Waals surface area contributed by atoms with Crippen LogP contribution in [-0.2, 0) is 6.18 Å². The number of amides is 1. The third kappa shape index (κ3) is 3.65. The van der Waals surface area contributed by atoms with E-state index in [2.05, 4.69) is 15.6 Å². The molecule has 0 fully saturated rings. The van der Waals surface area contributed by atoms with Gasteiger partial charge in [0.15, 0.2) is 22.9 Å². The Morgan fingerprint density at radius 1 is 1.07 bits per heavy atom. The molecule has 0 atom stereocenters. The summed E-state index contributed by atoms with van der Waals surface area (Å²) >= 11 is 0. The van der Waals surface area contributed by atoms with Crippen molar-refractivity contribution < 1.29 is 31.8 Å². The number of benzene rings is 2. The van der Waals surface area contributed by atoms with Gasteiger partial charge in [0.2, 0.25) is 5.79 Å². The molecule has 0 spiro atoms. The van der Waals surface area contributed by atoms with Crippen LogP contribution in [0.25, 0.3) is 5.69 Å². The molecule has 0 bridgehead atoms. The van der Waals surface area contributed by atoms with Crippen LogP contribution < -0.4 is 14.8 Å². The van der Waals surface area contributed by atoms with Crippen LogP contribution in [-0.4, -0.2) is 26.7 Å². The summed E-state index contributed by atoms with van der Waals surface area (Å²) in [4.78, 5) is 12.5. The molecule has 1 aromatic heterocycles. The van der Waals surface area contributed by atoms with Crippen LogP contribution in [0.3, 0.4) is 0 Å². The van der Waals surface area contributed by atoms with Gasteiger partial charge in [-0.05, 0) is 36.4 Å². The zero-order valence-electron chi connectivity index (χ0n) is 15.6. The van der Waals surface area contributed by atoms with Crippen molar-refractivity contribution in [1.82, 2.24) is 15.0 Å². The Morgan fingerprint density at radius 3 is 2.40 bits per heavy atom. The minimum atomic E-state index is -4.94. The smallest absolute Gasteiger partial charge is 0.435 e. The zero-order chi connectivity index (χ0) is 21.7. The number of aromatic nitrogens is 3. The van der Waals surface area contributed by atoms with Crippen molar-refractivity contribution >= 4 is 11.6 Å². The summed E-state index contributed by atoms with van der Waals surface area (Å²) in [5.74, 6) is -1.86. The van der Waals surface area contributed by atoms with Crippen LogP contribution in [0.4, 0.5) is 23.2 Å². The van der Waals surface area contributed by atoms with Crippen molar-refractivity contribution in [3.63, 3.8) is 0 Å². The normalized spacial score (nSPS) is 14.6. The SMILES string of the molecule is CC1(C)Oc2ccc(NC(=O)c3nnn(-c4ccc(F)cc4)c3C(F)(F)F)cc2O1. The molecule has 0 saturated heterocycles. The maximum absolute atomic E-state index is 13.7. The van der Waals surface area contributed by atoms with Crippen molar-refractivity contribution in [2.24, 2.45) is 0 Å². The highest BCUT2D eigenvalue weighted by molar-refractivity contribution is 6.04. The van der Waals surface area contributed by atoms with Gasteiger partial charge in [-0.1, -0.05) is 5.21 Å². The topological polar surface area (TPSA) is 78.3 Å². The fourth-order valence-corrected chi connectivity index (χ4v) is 2.94. The first-order valence-electron chi connectivity index (χ1n) is 8.66. The third-order valence-electron chi connectivity index (χ3n) is 4.14. The lowest BCUT2D eigenvalue weighted by atomic mass is 10.2. The predicted molar refractivity (Wildman–Crippen MR) is 96.0 cm³/mol. The molecule has 4 rings (SSSR count). The van der Waals surface area contributed by atoms with Gasteiger partial charge in [-0.3, -0.25) is 4.79 Å². The van der Waals surface area contributed by atoms with Crippen LogP contribution in [0, 0.1) is 5.82 Å². The first kappa shape index (κ1) is 19.7. The molecule has 0 aliphatic carbocycles. The number of nitrogens with zero attached hydrogens (tertiary/aromatic N) is 3. The van der Waals surface area contributed by atoms with E-state index >= 15 is 0 Å². The van der Waals surface area contributed by atoms with Crippen molar-refractivity contribution in [2.45, 2.75) is 25.8 Å². The van der Waals surface area contributed by atoms with E-state index in [1.54, 1.807) is 13.8 Å². The molecule has 3 aromatic rings. The Labute approximate surface area is 167 Å². The van der Waals surface area contributed by atoms with E-state index < -0.39 is 35.1 Å². The molecule has 30 heavy (non-hydrogen) atoms. The van der Waals surface area contributed by atoms with Gasteiger partial charge in [0.05, 0.1) is 5.69 Å². The van der Waals surface area contributed by atoms with Gasteiger partial charge in [0.1, 0.15) is 5.82 Å².